The van der Waals surface area contributed by atoms with Gasteiger partial charge in [0.25, 0.3) is 5.91 Å². The first kappa shape index (κ1) is 25.2. The van der Waals surface area contributed by atoms with E-state index in [9.17, 15) is 18.0 Å². The standard InChI is InChI=1S/C23H27ClN2O6S/c1-16(18-6-4-3-5-7-18)15-25-22(27)17(2)32-23(28)20-14-19(8-9-21(20)24)33(29,30)26-10-12-31-13-11-26/h3-9,14,16-17H,10-13,15H2,1-2H3,(H,25,27). The number of halogens is 1. The first-order valence-electron chi connectivity index (χ1n) is 10.6. The maximum atomic E-state index is 12.9. The Balaban J connectivity index is 1.64. The molecule has 0 radical (unpaired) electrons. The average molecular weight is 495 g/mol. The molecule has 0 spiro atoms. The van der Waals surface area contributed by atoms with Gasteiger partial charge in [-0.25, -0.2) is 13.2 Å². The highest BCUT2D eigenvalue weighted by Crippen LogP contribution is 2.24. The lowest BCUT2D eigenvalue weighted by Crippen LogP contribution is -2.40. The van der Waals surface area contributed by atoms with E-state index in [0.717, 1.165) is 5.56 Å². The first-order valence-corrected chi connectivity index (χ1v) is 12.4. The molecule has 0 saturated carbocycles. The second-order valence-electron chi connectivity index (χ2n) is 7.76. The van der Waals surface area contributed by atoms with Crippen molar-refractivity contribution in [2.75, 3.05) is 32.8 Å². The predicted octanol–water partition coefficient (Wildman–Crippen LogP) is 2.83. The molecule has 178 valence electrons. The minimum absolute atomic E-state index is 0.0336. The number of ether oxygens (including phenoxy) is 2. The van der Waals surface area contributed by atoms with Crippen LogP contribution in [0.3, 0.4) is 0 Å². The summed E-state index contributed by atoms with van der Waals surface area (Å²) in [6.07, 6.45) is -1.09. The second kappa shape index (κ2) is 11.1. The van der Waals surface area contributed by atoms with Gasteiger partial charge in [-0.15, -0.1) is 0 Å². The van der Waals surface area contributed by atoms with Crippen LogP contribution in [0.5, 0.6) is 0 Å². The number of nitrogens with one attached hydrogen (secondary N) is 1. The Labute approximate surface area is 198 Å². The smallest absolute Gasteiger partial charge is 0.340 e. The zero-order valence-corrected chi connectivity index (χ0v) is 20.1. The first-order chi connectivity index (χ1) is 15.7. The third kappa shape index (κ3) is 6.32. The number of rotatable bonds is 8. The van der Waals surface area contributed by atoms with Crippen molar-refractivity contribution in [2.45, 2.75) is 30.8 Å². The van der Waals surface area contributed by atoms with Crippen molar-refractivity contribution in [3.63, 3.8) is 0 Å². The molecule has 2 aromatic carbocycles. The molecule has 3 rings (SSSR count). The third-order valence-corrected chi connectivity index (χ3v) is 7.59. The topological polar surface area (TPSA) is 102 Å². The molecule has 2 atom stereocenters. The number of benzene rings is 2. The van der Waals surface area contributed by atoms with E-state index in [2.05, 4.69) is 5.32 Å². The Morgan fingerprint density at radius 1 is 1.12 bits per heavy atom. The normalized spacial score (nSPS) is 16.6. The molecule has 0 aromatic heterocycles. The number of amides is 1. The Morgan fingerprint density at radius 3 is 2.45 bits per heavy atom. The van der Waals surface area contributed by atoms with E-state index < -0.39 is 28.0 Å². The van der Waals surface area contributed by atoms with Gasteiger partial charge in [0.2, 0.25) is 10.0 Å². The van der Waals surface area contributed by atoms with Crippen LogP contribution in [-0.2, 0) is 24.3 Å². The summed E-state index contributed by atoms with van der Waals surface area (Å²) in [7, 11) is -3.82. The Hall–Kier alpha value is -2.46. The molecule has 0 aliphatic carbocycles. The number of carbonyl (C=O) groups excluding carboxylic acids is 2. The molecule has 1 amide bonds. The highest BCUT2D eigenvalue weighted by atomic mass is 35.5. The highest BCUT2D eigenvalue weighted by Gasteiger charge is 2.28. The van der Waals surface area contributed by atoms with Gasteiger partial charge in [-0.2, -0.15) is 4.31 Å². The van der Waals surface area contributed by atoms with Crippen molar-refractivity contribution >= 4 is 33.5 Å². The van der Waals surface area contributed by atoms with Gasteiger partial charge in [0.15, 0.2) is 6.10 Å². The quantitative estimate of drug-likeness (QED) is 0.566. The fourth-order valence-corrected chi connectivity index (χ4v) is 4.96. The summed E-state index contributed by atoms with van der Waals surface area (Å²) in [5.74, 6) is -1.26. The van der Waals surface area contributed by atoms with Crippen molar-refractivity contribution in [2.24, 2.45) is 0 Å². The molecule has 1 aliphatic heterocycles. The lowest BCUT2D eigenvalue weighted by Gasteiger charge is -2.26. The minimum atomic E-state index is -3.82. The summed E-state index contributed by atoms with van der Waals surface area (Å²) in [4.78, 5) is 25.0. The van der Waals surface area contributed by atoms with Crippen LogP contribution >= 0.6 is 11.6 Å². The number of nitrogens with zero attached hydrogens (tertiary/aromatic N) is 1. The van der Waals surface area contributed by atoms with E-state index in [-0.39, 0.29) is 34.5 Å². The Kier molecular flexibility index (Phi) is 8.47. The summed E-state index contributed by atoms with van der Waals surface area (Å²) >= 11 is 6.13. The van der Waals surface area contributed by atoms with Gasteiger partial charge in [-0.05, 0) is 36.6 Å². The highest BCUT2D eigenvalue weighted by molar-refractivity contribution is 7.89. The van der Waals surface area contributed by atoms with E-state index in [1.54, 1.807) is 0 Å². The van der Waals surface area contributed by atoms with Crippen molar-refractivity contribution in [1.29, 1.82) is 0 Å². The maximum Gasteiger partial charge on any atom is 0.340 e. The molecule has 1 aliphatic rings. The Bertz CT molecular complexity index is 1090. The lowest BCUT2D eigenvalue weighted by atomic mass is 10.0. The van der Waals surface area contributed by atoms with Gasteiger partial charge in [-0.3, -0.25) is 4.79 Å². The Morgan fingerprint density at radius 2 is 1.79 bits per heavy atom. The van der Waals surface area contributed by atoms with Crippen LogP contribution in [0.4, 0.5) is 0 Å². The molecule has 2 aromatic rings. The van der Waals surface area contributed by atoms with E-state index >= 15 is 0 Å². The van der Waals surface area contributed by atoms with Crippen LogP contribution < -0.4 is 5.32 Å². The largest absolute Gasteiger partial charge is 0.449 e. The fraction of sp³-hybridized carbons (Fsp3) is 0.391. The number of carbonyl (C=O) groups is 2. The number of morpholine rings is 1. The van der Waals surface area contributed by atoms with Crippen molar-refractivity contribution in [3.8, 4) is 0 Å². The number of hydrogen-bond acceptors (Lipinski definition) is 6. The summed E-state index contributed by atoms with van der Waals surface area (Å²) in [5, 5.41) is 2.80. The number of sulfonamides is 1. The monoisotopic (exact) mass is 494 g/mol. The molecule has 0 bridgehead atoms. The van der Waals surface area contributed by atoms with Crippen LogP contribution in [-0.4, -0.2) is 63.6 Å². The molecule has 1 N–H and O–H groups in total. The van der Waals surface area contributed by atoms with Gasteiger partial charge in [0.05, 0.1) is 28.7 Å². The molecule has 2 unspecified atom stereocenters. The number of hydrogen-bond donors (Lipinski definition) is 1. The molecule has 1 heterocycles. The van der Waals surface area contributed by atoms with Gasteiger partial charge < -0.3 is 14.8 Å². The van der Waals surface area contributed by atoms with E-state index in [1.165, 1.54) is 29.4 Å². The van der Waals surface area contributed by atoms with E-state index in [4.69, 9.17) is 21.1 Å². The molecule has 33 heavy (non-hydrogen) atoms. The van der Waals surface area contributed by atoms with Crippen LogP contribution in [0.1, 0.15) is 35.7 Å². The minimum Gasteiger partial charge on any atom is -0.449 e. The molecule has 1 fully saturated rings. The summed E-state index contributed by atoms with van der Waals surface area (Å²) < 4.78 is 37.5. The zero-order valence-electron chi connectivity index (χ0n) is 18.5. The van der Waals surface area contributed by atoms with Crippen molar-refractivity contribution < 1.29 is 27.5 Å². The summed E-state index contributed by atoms with van der Waals surface area (Å²) in [6.45, 7) is 4.86. The van der Waals surface area contributed by atoms with Crippen LogP contribution in [0.25, 0.3) is 0 Å². The maximum absolute atomic E-state index is 12.9. The van der Waals surface area contributed by atoms with Crippen LogP contribution in [0.15, 0.2) is 53.4 Å². The van der Waals surface area contributed by atoms with Gasteiger partial charge in [-0.1, -0.05) is 48.9 Å². The summed E-state index contributed by atoms with van der Waals surface area (Å²) in [5.41, 5.74) is 0.954. The summed E-state index contributed by atoms with van der Waals surface area (Å²) in [6, 6.07) is 13.6. The zero-order chi connectivity index (χ0) is 24.0. The third-order valence-electron chi connectivity index (χ3n) is 5.37. The van der Waals surface area contributed by atoms with Crippen LogP contribution in [0.2, 0.25) is 5.02 Å². The number of esters is 1. The van der Waals surface area contributed by atoms with E-state index in [0.29, 0.717) is 19.8 Å². The molecular weight excluding hydrogens is 468 g/mol. The predicted molar refractivity (Wildman–Crippen MR) is 124 cm³/mol. The molecular formula is C23H27ClN2O6S. The second-order valence-corrected chi connectivity index (χ2v) is 10.1. The molecule has 8 nitrogen and oxygen atoms in total. The van der Waals surface area contributed by atoms with Crippen molar-refractivity contribution in [3.05, 3.63) is 64.7 Å². The fourth-order valence-electron chi connectivity index (χ4n) is 3.33. The molecule has 1 saturated heterocycles. The van der Waals surface area contributed by atoms with Gasteiger partial charge >= 0.3 is 5.97 Å². The average Bonchev–Trinajstić information content (AvgIpc) is 2.83. The molecule has 10 heteroatoms. The van der Waals surface area contributed by atoms with Gasteiger partial charge in [0, 0.05) is 19.6 Å². The van der Waals surface area contributed by atoms with Crippen molar-refractivity contribution in [1.82, 2.24) is 9.62 Å². The van der Waals surface area contributed by atoms with Crippen LogP contribution in [0, 0.1) is 0 Å². The lowest BCUT2D eigenvalue weighted by molar-refractivity contribution is -0.129. The van der Waals surface area contributed by atoms with E-state index in [1.807, 2.05) is 37.3 Å². The van der Waals surface area contributed by atoms with Gasteiger partial charge in [0.1, 0.15) is 0 Å². The SMILES string of the molecule is CC(OC(=O)c1cc(S(=O)(=O)N2CCOCC2)ccc1Cl)C(=O)NCC(C)c1ccccc1.